The lowest BCUT2D eigenvalue weighted by Crippen LogP contribution is -2.17. The molecule has 0 aliphatic carbocycles. The molecule has 3 N–H and O–H groups in total. The quantitative estimate of drug-likeness (QED) is 0.201. The van der Waals surface area contributed by atoms with E-state index in [0.717, 1.165) is 11.1 Å². The van der Waals surface area contributed by atoms with Crippen LogP contribution in [-0.2, 0) is 20.0 Å². The molecule has 12 heteroatoms. The van der Waals surface area contributed by atoms with Crippen molar-refractivity contribution in [3.05, 3.63) is 111 Å². The molecule has 0 saturated carbocycles. The summed E-state index contributed by atoms with van der Waals surface area (Å²) in [6.45, 7) is 5.38. The fraction of sp³-hybridized carbons (Fsp3) is 0.107. The minimum Gasteiger partial charge on any atom is -0.322 e. The number of rotatable bonds is 8. The van der Waals surface area contributed by atoms with Gasteiger partial charge in [-0.1, -0.05) is 35.3 Å². The van der Waals surface area contributed by atoms with Crippen LogP contribution in [0.2, 0.25) is 10.0 Å². The summed E-state index contributed by atoms with van der Waals surface area (Å²) < 4.78 is 56.8. The molecular weight excluding hydrogens is 593 g/mol. The molecule has 0 aromatic heterocycles. The molecular formula is C28H25Cl2N3O5S2. The van der Waals surface area contributed by atoms with E-state index in [1.807, 2.05) is 19.9 Å². The Morgan fingerprint density at radius 3 is 1.77 bits per heavy atom. The van der Waals surface area contributed by atoms with Gasteiger partial charge >= 0.3 is 0 Å². The second-order valence-corrected chi connectivity index (χ2v) is 13.4. The molecule has 4 aromatic rings. The van der Waals surface area contributed by atoms with Crippen molar-refractivity contribution in [2.75, 3.05) is 14.8 Å². The number of nitrogens with one attached hydrogen (secondary N) is 3. The minimum absolute atomic E-state index is 0.0343. The van der Waals surface area contributed by atoms with Crippen LogP contribution < -0.4 is 14.8 Å². The second kappa shape index (κ2) is 11.5. The Kier molecular flexibility index (Phi) is 8.46. The number of halogens is 2. The Balaban J connectivity index is 1.51. The number of anilines is 3. The van der Waals surface area contributed by atoms with Crippen molar-refractivity contribution in [1.29, 1.82) is 0 Å². The third-order valence-electron chi connectivity index (χ3n) is 5.75. The first-order chi connectivity index (χ1) is 18.7. The van der Waals surface area contributed by atoms with Crippen LogP contribution in [0.1, 0.15) is 27.0 Å². The van der Waals surface area contributed by atoms with E-state index >= 15 is 0 Å². The van der Waals surface area contributed by atoms with Crippen molar-refractivity contribution in [1.82, 2.24) is 0 Å². The minimum atomic E-state index is -3.98. The van der Waals surface area contributed by atoms with Gasteiger partial charge in [-0.2, -0.15) is 0 Å². The molecule has 0 unspecified atom stereocenters. The van der Waals surface area contributed by atoms with Gasteiger partial charge in [0.15, 0.2) is 0 Å². The van der Waals surface area contributed by atoms with Crippen LogP contribution in [0, 0.1) is 20.8 Å². The van der Waals surface area contributed by atoms with Crippen molar-refractivity contribution in [2.45, 2.75) is 30.6 Å². The summed E-state index contributed by atoms with van der Waals surface area (Å²) in [6.07, 6.45) is 0. The molecule has 0 aliphatic heterocycles. The van der Waals surface area contributed by atoms with E-state index in [4.69, 9.17) is 23.2 Å². The zero-order valence-corrected chi connectivity index (χ0v) is 24.8. The van der Waals surface area contributed by atoms with Gasteiger partial charge in [-0.15, -0.1) is 0 Å². The van der Waals surface area contributed by atoms with Gasteiger partial charge in [0, 0.05) is 27.0 Å². The highest BCUT2D eigenvalue weighted by Crippen LogP contribution is 2.26. The molecule has 208 valence electrons. The number of hydrogen-bond acceptors (Lipinski definition) is 5. The average molecular weight is 619 g/mol. The maximum atomic E-state index is 13.2. The predicted octanol–water partition coefficient (Wildman–Crippen LogP) is 6.77. The van der Waals surface area contributed by atoms with E-state index in [-0.39, 0.29) is 31.1 Å². The number of amides is 1. The van der Waals surface area contributed by atoms with Crippen LogP contribution in [0.4, 0.5) is 17.1 Å². The van der Waals surface area contributed by atoms with E-state index in [2.05, 4.69) is 14.8 Å². The Bertz CT molecular complexity index is 1790. The molecule has 4 rings (SSSR count). The molecule has 0 heterocycles. The first-order valence-electron chi connectivity index (χ1n) is 11.8. The number of carbonyl (C=O) groups is 1. The molecule has 0 fully saturated rings. The fourth-order valence-corrected chi connectivity index (χ4v) is 6.90. The van der Waals surface area contributed by atoms with Crippen molar-refractivity contribution in [3.63, 3.8) is 0 Å². The average Bonchev–Trinajstić information content (AvgIpc) is 2.82. The second-order valence-electron chi connectivity index (χ2n) is 9.20. The van der Waals surface area contributed by atoms with Crippen LogP contribution in [0.15, 0.2) is 88.7 Å². The van der Waals surface area contributed by atoms with Crippen LogP contribution in [0.25, 0.3) is 0 Å². The van der Waals surface area contributed by atoms with Gasteiger partial charge in [0.1, 0.15) is 0 Å². The summed E-state index contributed by atoms with van der Waals surface area (Å²) in [5, 5.41) is 3.21. The van der Waals surface area contributed by atoms with E-state index < -0.39 is 26.0 Å². The van der Waals surface area contributed by atoms with Crippen LogP contribution in [0.5, 0.6) is 0 Å². The molecule has 40 heavy (non-hydrogen) atoms. The van der Waals surface area contributed by atoms with Crippen molar-refractivity contribution in [3.8, 4) is 0 Å². The lowest BCUT2D eigenvalue weighted by atomic mass is 10.1. The summed E-state index contributed by atoms with van der Waals surface area (Å²) in [4.78, 5) is 12.9. The fourth-order valence-electron chi connectivity index (χ4n) is 4.02. The summed E-state index contributed by atoms with van der Waals surface area (Å²) in [7, 11) is -7.94. The van der Waals surface area contributed by atoms with E-state index in [9.17, 15) is 21.6 Å². The highest BCUT2D eigenvalue weighted by Gasteiger charge is 2.20. The lowest BCUT2D eigenvalue weighted by Gasteiger charge is -2.13. The Hall–Kier alpha value is -3.57. The number of carbonyl (C=O) groups excluding carboxylic acids is 1. The van der Waals surface area contributed by atoms with Gasteiger partial charge in [-0.25, -0.2) is 16.8 Å². The zero-order valence-electron chi connectivity index (χ0n) is 21.6. The van der Waals surface area contributed by atoms with Crippen LogP contribution >= 0.6 is 23.2 Å². The summed E-state index contributed by atoms with van der Waals surface area (Å²) in [5.41, 5.74) is 3.34. The van der Waals surface area contributed by atoms with Gasteiger partial charge < -0.3 is 5.32 Å². The molecule has 4 aromatic carbocycles. The molecule has 0 bridgehead atoms. The number of benzene rings is 4. The molecule has 1 amide bonds. The van der Waals surface area contributed by atoms with Gasteiger partial charge in [0.05, 0.1) is 15.5 Å². The number of hydrogen-bond donors (Lipinski definition) is 3. The third-order valence-corrected chi connectivity index (χ3v) is 9.11. The predicted molar refractivity (Wildman–Crippen MR) is 160 cm³/mol. The highest BCUT2D eigenvalue weighted by molar-refractivity contribution is 7.93. The van der Waals surface area contributed by atoms with Crippen LogP contribution in [-0.4, -0.2) is 22.7 Å². The van der Waals surface area contributed by atoms with E-state index in [1.165, 1.54) is 54.6 Å². The Labute approximate surface area is 243 Å². The Morgan fingerprint density at radius 2 is 1.18 bits per heavy atom. The molecule has 0 aliphatic rings. The number of sulfonamides is 2. The molecule has 8 nitrogen and oxygen atoms in total. The molecule has 0 spiro atoms. The molecule has 0 atom stereocenters. The molecule has 0 saturated heterocycles. The maximum Gasteiger partial charge on any atom is 0.262 e. The number of aryl methyl sites for hydroxylation is 3. The van der Waals surface area contributed by atoms with Gasteiger partial charge in [-0.3, -0.25) is 14.2 Å². The topological polar surface area (TPSA) is 121 Å². The molecule has 0 radical (unpaired) electrons. The third kappa shape index (κ3) is 7.14. The first kappa shape index (κ1) is 29.4. The normalized spacial score (nSPS) is 11.6. The standard InChI is InChI=1S/C28H25Cl2N3O5S2/c1-17-10-18(2)12-24(11-17)33-40(37,38)27-13-20(5-4-19(27)3)28(34)31-23-6-8-26(9-7-23)39(35,36)32-25-15-21(29)14-22(30)16-25/h4-16,32-33H,1-3H3,(H,31,34). The summed E-state index contributed by atoms with van der Waals surface area (Å²) in [5.74, 6) is -0.565. The van der Waals surface area contributed by atoms with Crippen LogP contribution in [0.3, 0.4) is 0 Å². The monoisotopic (exact) mass is 617 g/mol. The highest BCUT2D eigenvalue weighted by atomic mass is 35.5. The first-order valence-corrected chi connectivity index (χ1v) is 15.6. The zero-order chi connectivity index (χ0) is 29.2. The maximum absolute atomic E-state index is 13.2. The van der Waals surface area contributed by atoms with Gasteiger partial charge in [-0.05, 0) is 104 Å². The van der Waals surface area contributed by atoms with Crippen molar-refractivity contribution >= 4 is 66.2 Å². The van der Waals surface area contributed by atoms with Crippen molar-refractivity contribution in [2.24, 2.45) is 0 Å². The SMILES string of the molecule is Cc1cc(C)cc(NS(=O)(=O)c2cc(C(=O)Nc3ccc(S(=O)(=O)Nc4cc(Cl)cc(Cl)c4)cc3)ccc2C)c1. The van der Waals surface area contributed by atoms with E-state index in [0.29, 0.717) is 16.9 Å². The van der Waals surface area contributed by atoms with Crippen molar-refractivity contribution < 1.29 is 21.6 Å². The van der Waals surface area contributed by atoms with E-state index in [1.54, 1.807) is 25.1 Å². The smallest absolute Gasteiger partial charge is 0.262 e. The summed E-state index contributed by atoms with van der Waals surface area (Å²) >= 11 is 11.9. The summed E-state index contributed by atoms with van der Waals surface area (Å²) in [6, 6.07) is 19.6. The van der Waals surface area contributed by atoms with Gasteiger partial charge in [0.25, 0.3) is 26.0 Å². The van der Waals surface area contributed by atoms with Gasteiger partial charge in [0.2, 0.25) is 0 Å². The Morgan fingerprint density at radius 1 is 0.625 bits per heavy atom. The largest absolute Gasteiger partial charge is 0.322 e. The lowest BCUT2D eigenvalue weighted by molar-refractivity contribution is 0.102.